The lowest BCUT2D eigenvalue weighted by Crippen LogP contribution is -2.33. The lowest BCUT2D eigenvalue weighted by Gasteiger charge is -2.18. The smallest absolute Gasteiger partial charge is 0.407 e. The Bertz CT molecular complexity index is 1570. The molecule has 0 aliphatic rings. The molecule has 216 valence electrons. The summed E-state index contributed by atoms with van der Waals surface area (Å²) in [4.78, 5) is 37.1. The molecule has 1 aromatic heterocycles. The number of ether oxygens (including phenoxy) is 1. The summed E-state index contributed by atoms with van der Waals surface area (Å²) in [5.74, 6) is -0.355. The van der Waals surface area contributed by atoms with Crippen molar-refractivity contribution in [2.45, 2.75) is 43.0 Å². The molecule has 0 saturated heterocycles. The second-order valence-electron chi connectivity index (χ2n) is 9.33. The molecule has 0 spiro atoms. The van der Waals surface area contributed by atoms with E-state index in [-0.39, 0.29) is 24.6 Å². The summed E-state index contributed by atoms with van der Waals surface area (Å²) < 4.78 is 7.08. The van der Waals surface area contributed by atoms with Gasteiger partial charge in [0.1, 0.15) is 0 Å². The Balaban J connectivity index is 1.40. The van der Waals surface area contributed by atoms with E-state index in [4.69, 9.17) is 4.74 Å². The zero-order chi connectivity index (χ0) is 30.1. The summed E-state index contributed by atoms with van der Waals surface area (Å²) in [5, 5.41) is 17.8. The molecule has 0 aliphatic heterocycles. The number of hydrogen-bond acceptors (Lipinski definition) is 7. The van der Waals surface area contributed by atoms with Crippen LogP contribution in [0.25, 0.3) is 5.69 Å². The Hall–Kier alpha value is -4.90. The van der Waals surface area contributed by atoms with Crippen LogP contribution in [0.1, 0.15) is 41.9 Å². The van der Waals surface area contributed by atoms with E-state index in [1.807, 2.05) is 74.5 Å². The molecule has 2 N–H and O–H groups in total. The van der Waals surface area contributed by atoms with Crippen molar-refractivity contribution in [2.75, 3.05) is 6.61 Å². The maximum absolute atomic E-state index is 12.7. The molecule has 1 atom stereocenters. The van der Waals surface area contributed by atoms with Crippen molar-refractivity contribution in [1.82, 2.24) is 15.3 Å². The van der Waals surface area contributed by atoms with Crippen LogP contribution in [0.4, 0.5) is 10.5 Å². The molecule has 4 rings (SSSR count). The summed E-state index contributed by atoms with van der Waals surface area (Å²) in [6, 6.07) is 25.1. The lowest BCUT2D eigenvalue weighted by molar-refractivity contribution is -0.384. The zero-order valence-electron chi connectivity index (χ0n) is 23.4. The van der Waals surface area contributed by atoms with Gasteiger partial charge in [-0.2, -0.15) is 5.10 Å². The number of non-ortho nitro benzene ring substituents is 1. The first-order chi connectivity index (χ1) is 20.2. The van der Waals surface area contributed by atoms with E-state index in [1.165, 1.54) is 23.9 Å². The van der Waals surface area contributed by atoms with Gasteiger partial charge in [0.25, 0.3) is 5.69 Å². The Morgan fingerprint density at radius 1 is 1.02 bits per heavy atom. The number of alkyl carbamates (subject to hydrolysis) is 1. The highest BCUT2D eigenvalue weighted by Crippen LogP contribution is 2.30. The molecule has 0 unspecified atom stereocenters. The van der Waals surface area contributed by atoms with E-state index < -0.39 is 17.1 Å². The third kappa shape index (κ3) is 7.85. The number of hydrogen-bond donors (Lipinski definition) is 2. The fraction of sp³-hybridized carbons (Fsp3) is 0.194. The van der Waals surface area contributed by atoms with Crippen LogP contribution in [0.2, 0.25) is 0 Å². The maximum atomic E-state index is 12.7. The van der Waals surface area contributed by atoms with Crippen LogP contribution in [0.3, 0.4) is 0 Å². The molecule has 0 saturated carbocycles. The van der Waals surface area contributed by atoms with Crippen LogP contribution in [-0.4, -0.2) is 34.3 Å². The Labute approximate surface area is 247 Å². The van der Waals surface area contributed by atoms with Gasteiger partial charge in [0.05, 0.1) is 30.2 Å². The highest BCUT2D eigenvalue weighted by molar-refractivity contribution is 7.99. The molecule has 11 heteroatoms. The summed E-state index contributed by atoms with van der Waals surface area (Å²) in [6.07, 6.45) is 1.00. The van der Waals surface area contributed by atoms with Crippen LogP contribution >= 0.6 is 11.8 Å². The molecule has 2 amide bonds. The second kappa shape index (κ2) is 14.1. The number of carbonyl (C=O) groups is 2. The number of carbonyl (C=O) groups excluding carboxylic acids is 2. The molecule has 10 nitrogen and oxygen atoms in total. The van der Waals surface area contributed by atoms with Crippen molar-refractivity contribution in [3.05, 3.63) is 118 Å². The van der Waals surface area contributed by atoms with Crippen molar-refractivity contribution in [3.63, 3.8) is 0 Å². The number of nitro groups is 1. The number of amides is 2. The van der Waals surface area contributed by atoms with Gasteiger partial charge in [-0.1, -0.05) is 42.1 Å². The molecular weight excluding hydrogens is 554 g/mol. The average molecular weight is 586 g/mol. The number of nitro benzene ring substituents is 1. The SMILES string of the molecule is CCOC(=O)N[C@H](CC(=O)N/N=C\c1cc(C)n(-c2ccc(Sc3ccc([N+](=O)[O-])cc3)cc2)c1C)c1ccccc1. The van der Waals surface area contributed by atoms with Crippen LogP contribution in [0.15, 0.2) is 99.8 Å². The highest BCUT2D eigenvalue weighted by Gasteiger charge is 2.19. The molecule has 3 aromatic carbocycles. The van der Waals surface area contributed by atoms with Gasteiger partial charge >= 0.3 is 6.09 Å². The third-order valence-corrected chi connectivity index (χ3v) is 7.42. The average Bonchev–Trinajstić information content (AvgIpc) is 3.26. The fourth-order valence-electron chi connectivity index (χ4n) is 4.41. The largest absolute Gasteiger partial charge is 0.450 e. The van der Waals surface area contributed by atoms with Crippen LogP contribution in [0, 0.1) is 24.0 Å². The molecule has 42 heavy (non-hydrogen) atoms. The van der Waals surface area contributed by atoms with Crippen LogP contribution in [-0.2, 0) is 9.53 Å². The summed E-state index contributed by atoms with van der Waals surface area (Å²) in [6.45, 7) is 5.92. The number of nitrogens with zero attached hydrogens (tertiary/aromatic N) is 3. The molecule has 0 bridgehead atoms. The van der Waals surface area contributed by atoms with Gasteiger partial charge in [0.2, 0.25) is 5.91 Å². The van der Waals surface area contributed by atoms with Gasteiger partial charge < -0.3 is 14.6 Å². The number of rotatable bonds is 11. The van der Waals surface area contributed by atoms with Crippen LogP contribution in [0.5, 0.6) is 0 Å². The van der Waals surface area contributed by atoms with Crippen LogP contribution < -0.4 is 10.7 Å². The number of aromatic nitrogens is 1. The quantitative estimate of drug-likeness (QED) is 0.118. The minimum Gasteiger partial charge on any atom is -0.450 e. The number of benzene rings is 3. The van der Waals surface area contributed by atoms with E-state index in [0.717, 1.165) is 38.0 Å². The minimum atomic E-state index is -0.590. The van der Waals surface area contributed by atoms with Crippen molar-refractivity contribution in [3.8, 4) is 5.69 Å². The van der Waals surface area contributed by atoms with Crippen molar-refractivity contribution < 1.29 is 19.2 Å². The maximum Gasteiger partial charge on any atom is 0.407 e. The predicted octanol–water partition coefficient (Wildman–Crippen LogP) is 6.48. The minimum absolute atomic E-state index is 0.0105. The van der Waals surface area contributed by atoms with E-state index in [0.29, 0.717) is 0 Å². The van der Waals surface area contributed by atoms with E-state index in [1.54, 1.807) is 25.3 Å². The van der Waals surface area contributed by atoms with E-state index >= 15 is 0 Å². The molecular formula is C31H31N5O5S. The molecule has 0 aliphatic carbocycles. The number of nitrogens with one attached hydrogen (secondary N) is 2. The second-order valence-corrected chi connectivity index (χ2v) is 10.5. The lowest BCUT2D eigenvalue weighted by atomic mass is 10.0. The molecule has 0 fully saturated rings. The predicted molar refractivity (Wildman–Crippen MR) is 162 cm³/mol. The third-order valence-electron chi connectivity index (χ3n) is 6.40. The van der Waals surface area contributed by atoms with Gasteiger partial charge in [0, 0.05) is 44.6 Å². The summed E-state index contributed by atoms with van der Waals surface area (Å²) in [5.41, 5.74) is 7.18. The van der Waals surface area contributed by atoms with Crippen molar-refractivity contribution in [1.29, 1.82) is 0 Å². The Morgan fingerprint density at radius 3 is 2.29 bits per heavy atom. The molecule has 1 heterocycles. The van der Waals surface area contributed by atoms with Gasteiger partial charge in [-0.15, -0.1) is 0 Å². The number of hydrazone groups is 1. The number of aryl methyl sites for hydroxylation is 1. The van der Waals surface area contributed by atoms with Crippen molar-refractivity contribution >= 4 is 35.7 Å². The first kappa shape index (κ1) is 30.1. The highest BCUT2D eigenvalue weighted by atomic mass is 32.2. The molecule has 0 radical (unpaired) electrons. The zero-order valence-corrected chi connectivity index (χ0v) is 24.3. The first-order valence-electron chi connectivity index (χ1n) is 13.3. The first-order valence-corrected chi connectivity index (χ1v) is 14.1. The summed E-state index contributed by atoms with van der Waals surface area (Å²) in [7, 11) is 0. The van der Waals surface area contributed by atoms with Crippen molar-refractivity contribution in [2.24, 2.45) is 5.10 Å². The van der Waals surface area contributed by atoms with Gasteiger partial charge in [-0.25, -0.2) is 10.2 Å². The van der Waals surface area contributed by atoms with E-state index in [2.05, 4.69) is 20.4 Å². The summed E-state index contributed by atoms with van der Waals surface area (Å²) >= 11 is 1.52. The monoisotopic (exact) mass is 585 g/mol. The Morgan fingerprint density at radius 2 is 1.67 bits per heavy atom. The fourth-order valence-corrected chi connectivity index (χ4v) is 5.22. The Kier molecular flexibility index (Phi) is 10.1. The van der Waals surface area contributed by atoms with Gasteiger partial charge in [-0.3, -0.25) is 14.9 Å². The topological polar surface area (TPSA) is 128 Å². The van der Waals surface area contributed by atoms with Gasteiger partial charge in [0.15, 0.2) is 0 Å². The van der Waals surface area contributed by atoms with Gasteiger partial charge in [-0.05, 0) is 68.8 Å². The molecule has 4 aromatic rings. The normalized spacial score (nSPS) is 11.7. The standard InChI is InChI=1S/C31H31N5O5S/c1-4-41-31(38)33-29(23-8-6-5-7-9-23)19-30(37)34-32-20-24-18-21(2)35(22(24)3)25-10-14-27(15-11-25)42-28-16-12-26(13-17-28)36(39)40/h5-18,20,29H,4,19H2,1-3H3,(H,33,38)(H,34,37)/b32-20-/t29-/m1/s1. The van der Waals surface area contributed by atoms with E-state index in [9.17, 15) is 19.7 Å².